The predicted octanol–water partition coefficient (Wildman–Crippen LogP) is 2.38. The van der Waals surface area contributed by atoms with Gasteiger partial charge in [0.2, 0.25) is 0 Å². The van der Waals surface area contributed by atoms with Crippen molar-refractivity contribution in [2.24, 2.45) is 5.92 Å². The van der Waals surface area contributed by atoms with Gasteiger partial charge in [-0.3, -0.25) is 9.59 Å². The van der Waals surface area contributed by atoms with Crippen LogP contribution in [0.25, 0.3) is 0 Å². The molecule has 1 rings (SSSR count). The Morgan fingerprint density at radius 1 is 1.38 bits per heavy atom. The summed E-state index contributed by atoms with van der Waals surface area (Å²) < 4.78 is 5.55. The number of aliphatic carboxylic acids is 1. The molecule has 1 amide bonds. The Morgan fingerprint density at radius 2 is 2.10 bits per heavy atom. The summed E-state index contributed by atoms with van der Waals surface area (Å²) in [4.78, 5) is 23.0. The van der Waals surface area contributed by atoms with Crippen molar-refractivity contribution in [3.05, 3.63) is 29.8 Å². The third kappa shape index (κ3) is 5.85. The first-order valence-corrected chi connectivity index (χ1v) is 7.17. The molecule has 0 saturated carbocycles. The molecule has 0 spiro atoms. The highest BCUT2D eigenvalue weighted by atomic mass is 16.5. The number of hydrogen-bond acceptors (Lipinski definition) is 3. The molecule has 0 aliphatic carbocycles. The molecule has 2 N–H and O–H groups in total. The Kier molecular flexibility index (Phi) is 6.72. The van der Waals surface area contributed by atoms with E-state index >= 15 is 0 Å². The summed E-state index contributed by atoms with van der Waals surface area (Å²) >= 11 is 0. The van der Waals surface area contributed by atoms with E-state index in [0.29, 0.717) is 12.2 Å². The molecule has 0 bridgehead atoms. The van der Waals surface area contributed by atoms with Crippen molar-refractivity contribution in [1.29, 1.82) is 0 Å². The quantitative estimate of drug-likeness (QED) is 0.771. The van der Waals surface area contributed by atoms with E-state index in [1.54, 1.807) is 13.0 Å². The van der Waals surface area contributed by atoms with Gasteiger partial charge in [0.25, 0.3) is 5.91 Å². The number of carbonyl (C=O) groups is 2. The van der Waals surface area contributed by atoms with Gasteiger partial charge in [-0.05, 0) is 38.0 Å². The summed E-state index contributed by atoms with van der Waals surface area (Å²) in [6.07, 6.45) is 0.646. The molecule has 2 atom stereocenters. The molecule has 5 nitrogen and oxygen atoms in total. The van der Waals surface area contributed by atoms with Crippen molar-refractivity contribution in [1.82, 2.24) is 5.32 Å². The van der Waals surface area contributed by atoms with Crippen LogP contribution < -0.4 is 10.1 Å². The number of amides is 1. The summed E-state index contributed by atoms with van der Waals surface area (Å²) in [6.45, 7) is 5.64. The number of rotatable bonds is 8. The fourth-order valence-electron chi connectivity index (χ4n) is 1.98. The number of hydrogen-bond donors (Lipinski definition) is 2. The summed E-state index contributed by atoms with van der Waals surface area (Å²) in [7, 11) is 0. The molecule has 0 aliphatic heterocycles. The van der Waals surface area contributed by atoms with Gasteiger partial charge in [-0.2, -0.15) is 0 Å². The second-order valence-electron chi connectivity index (χ2n) is 5.15. The minimum Gasteiger partial charge on any atom is -0.481 e. The van der Waals surface area contributed by atoms with Crippen molar-refractivity contribution >= 4 is 11.9 Å². The largest absolute Gasteiger partial charge is 0.481 e. The zero-order valence-electron chi connectivity index (χ0n) is 12.8. The van der Waals surface area contributed by atoms with E-state index in [2.05, 4.69) is 5.32 Å². The SMILES string of the molecule is CCCC(CNC(=O)C(C)Oc1cccc(C)c1)C(=O)O. The highest BCUT2D eigenvalue weighted by Crippen LogP contribution is 2.14. The van der Waals surface area contributed by atoms with Gasteiger partial charge < -0.3 is 15.2 Å². The van der Waals surface area contributed by atoms with Crippen LogP contribution in [0.5, 0.6) is 5.75 Å². The number of aryl methyl sites for hydroxylation is 1. The number of ether oxygens (including phenoxy) is 1. The zero-order valence-corrected chi connectivity index (χ0v) is 12.8. The predicted molar refractivity (Wildman–Crippen MR) is 80.3 cm³/mol. The van der Waals surface area contributed by atoms with Gasteiger partial charge in [-0.1, -0.05) is 25.5 Å². The molecule has 2 unspecified atom stereocenters. The van der Waals surface area contributed by atoms with E-state index in [0.717, 1.165) is 12.0 Å². The Hall–Kier alpha value is -2.04. The molecule has 116 valence electrons. The van der Waals surface area contributed by atoms with Crippen LogP contribution in [-0.2, 0) is 9.59 Å². The molecule has 0 saturated heterocycles. The highest BCUT2D eigenvalue weighted by molar-refractivity contribution is 5.81. The Morgan fingerprint density at radius 3 is 2.67 bits per heavy atom. The van der Waals surface area contributed by atoms with Gasteiger partial charge in [-0.25, -0.2) is 0 Å². The molecule has 0 heterocycles. The number of carbonyl (C=O) groups excluding carboxylic acids is 1. The van der Waals surface area contributed by atoms with Crippen LogP contribution in [0.1, 0.15) is 32.3 Å². The maximum atomic E-state index is 11.9. The molecule has 5 heteroatoms. The van der Waals surface area contributed by atoms with E-state index in [4.69, 9.17) is 9.84 Å². The van der Waals surface area contributed by atoms with Gasteiger partial charge in [0.1, 0.15) is 5.75 Å². The second-order valence-corrected chi connectivity index (χ2v) is 5.15. The number of carboxylic acids is 1. The van der Waals surface area contributed by atoms with E-state index < -0.39 is 18.0 Å². The summed E-state index contributed by atoms with van der Waals surface area (Å²) in [5, 5.41) is 11.7. The van der Waals surface area contributed by atoms with E-state index in [9.17, 15) is 9.59 Å². The topological polar surface area (TPSA) is 75.6 Å². The Balaban J connectivity index is 2.49. The molecule has 1 aromatic carbocycles. The molecule has 0 radical (unpaired) electrons. The van der Waals surface area contributed by atoms with Gasteiger partial charge in [0, 0.05) is 6.54 Å². The average molecular weight is 293 g/mol. The summed E-state index contributed by atoms with van der Waals surface area (Å²) in [6, 6.07) is 7.44. The van der Waals surface area contributed by atoms with Crippen LogP contribution in [0.3, 0.4) is 0 Å². The second kappa shape index (κ2) is 8.29. The first kappa shape index (κ1) is 17.0. The van der Waals surface area contributed by atoms with Gasteiger partial charge in [0.15, 0.2) is 6.10 Å². The van der Waals surface area contributed by atoms with Crippen LogP contribution in [0.2, 0.25) is 0 Å². The van der Waals surface area contributed by atoms with Crippen LogP contribution >= 0.6 is 0 Å². The first-order valence-electron chi connectivity index (χ1n) is 7.17. The maximum absolute atomic E-state index is 11.9. The lowest BCUT2D eigenvalue weighted by atomic mass is 10.0. The van der Waals surface area contributed by atoms with E-state index in [1.165, 1.54) is 0 Å². The maximum Gasteiger partial charge on any atom is 0.308 e. The smallest absolute Gasteiger partial charge is 0.308 e. The van der Waals surface area contributed by atoms with Crippen LogP contribution in [0.4, 0.5) is 0 Å². The van der Waals surface area contributed by atoms with Crippen molar-refractivity contribution in [3.8, 4) is 5.75 Å². The van der Waals surface area contributed by atoms with E-state index in [-0.39, 0.29) is 12.5 Å². The fourth-order valence-corrected chi connectivity index (χ4v) is 1.98. The van der Waals surface area contributed by atoms with Gasteiger partial charge in [0.05, 0.1) is 5.92 Å². The molecular weight excluding hydrogens is 270 g/mol. The van der Waals surface area contributed by atoms with Crippen molar-refractivity contribution < 1.29 is 19.4 Å². The lowest BCUT2D eigenvalue weighted by molar-refractivity contribution is -0.142. The van der Waals surface area contributed by atoms with Gasteiger partial charge >= 0.3 is 5.97 Å². The lowest BCUT2D eigenvalue weighted by Gasteiger charge is -2.17. The lowest BCUT2D eigenvalue weighted by Crippen LogP contribution is -2.40. The van der Waals surface area contributed by atoms with Crippen molar-refractivity contribution in [2.45, 2.75) is 39.7 Å². The minimum atomic E-state index is -0.885. The first-order chi connectivity index (χ1) is 9.93. The standard InChI is InChI=1S/C16H23NO4/c1-4-6-13(16(19)20)10-17-15(18)12(3)21-14-8-5-7-11(2)9-14/h5,7-9,12-13H,4,6,10H2,1-3H3,(H,17,18)(H,19,20). The third-order valence-electron chi connectivity index (χ3n) is 3.18. The fraction of sp³-hybridized carbons (Fsp3) is 0.500. The number of nitrogens with one attached hydrogen (secondary N) is 1. The van der Waals surface area contributed by atoms with E-state index in [1.807, 2.05) is 32.0 Å². The van der Waals surface area contributed by atoms with Crippen molar-refractivity contribution in [3.63, 3.8) is 0 Å². The highest BCUT2D eigenvalue weighted by Gasteiger charge is 2.20. The third-order valence-corrected chi connectivity index (χ3v) is 3.18. The van der Waals surface area contributed by atoms with Crippen LogP contribution in [-0.4, -0.2) is 29.6 Å². The number of benzene rings is 1. The van der Waals surface area contributed by atoms with Crippen molar-refractivity contribution in [2.75, 3.05) is 6.54 Å². The van der Waals surface area contributed by atoms with Crippen LogP contribution in [0, 0.1) is 12.8 Å². The molecule has 21 heavy (non-hydrogen) atoms. The Bertz CT molecular complexity index is 487. The number of carboxylic acid groups (broad SMARTS) is 1. The molecule has 0 aromatic heterocycles. The normalized spacial score (nSPS) is 13.3. The monoisotopic (exact) mass is 293 g/mol. The summed E-state index contributed by atoms with van der Waals surface area (Å²) in [5.41, 5.74) is 1.05. The molecule has 0 aliphatic rings. The molecule has 1 aromatic rings. The van der Waals surface area contributed by atoms with Crippen LogP contribution in [0.15, 0.2) is 24.3 Å². The minimum absolute atomic E-state index is 0.128. The van der Waals surface area contributed by atoms with Gasteiger partial charge in [-0.15, -0.1) is 0 Å². The Labute approximate surface area is 125 Å². The average Bonchev–Trinajstić information content (AvgIpc) is 2.42. The molecular formula is C16H23NO4. The summed E-state index contributed by atoms with van der Waals surface area (Å²) in [5.74, 6) is -1.12. The zero-order chi connectivity index (χ0) is 15.8. The molecule has 0 fully saturated rings.